The van der Waals surface area contributed by atoms with Crippen molar-refractivity contribution in [1.29, 1.82) is 0 Å². The van der Waals surface area contributed by atoms with Crippen LogP contribution in [0.4, 0.5) is 16.5 Å². The van der Waals surface area contributed by atoms with Crippen molar-refractivity contribution in [3.63, 3.8) is 0 Å². The lowest BCUT2D eigenvalue weighted by molar-refractivity contribution is -0.385. The zero-order valence-corrected chi connectivity index (χ0v) is 17.5. The molecule has 0 saturated carbocycles. The number of nitrogens with zero attached hydrogens (tertiary/aromatic N) is 3. The molecular formula is C19H16N4O5S2. The maximum atomic E-state index is 12.4. The van der Waals surface area contributed by atoms with Crippen LogP contribution in [0, 0.1) is 10.1 Å². The molecule has 3 aromatic rings. The molecule has 1 heterocycles. The third kappa shape index (κ3) is 4.93. The molecule has 0 unspecified atom stereocenters. The molecule has 0 atom stereocenters. The van der Waals surface area contributed by atoms with Gasteiger partial charge in [0, 0.05) is 36.3 Å². The zero-order valence-electron chi connectivity index (χ0n) is 15.9. The number of thiazole rings is 1. The minimum absolute atomic E-state index is 0.297. The van der Waals surface area contributed by atoms with Gasteiger partial charge in [-0.3, -0.25) is 20.2 Å². The topological polar surface area (TPSA) is 126 Å². The molecule has 1 aromatic heterocycles. The smallest absolute Gasteiger partial charge is 0.342 e. The molecule has 0 radical (unpaired) electrons. The number of aromatic carboxylic acids is 1. The minimum atomic E-state index is -1.37. The van der Waals surface area contributed by atoms with Crippen molar-refractivity contribution in [1.82, 2.24) is 4.98 Å². The van der Waals surface area contributed by atoms with Gasteiger partial charge < -0.3 is 10.0 Å². The first-order chi connectivity index (χ1) is 14.2. The summed E-state index contributed by atoms with van der Waals surface area (Å²) in [7, 11) is 3.82. The molecule has 2 N–H and O–H groups in total. The van der Waals surface area contributed by atoms with Gasteiger partial charge in [0.15, 0.2) is 5.13 Å². The summed E-state index contributed by atoms with van der Waals surface area (Å²) in [5.41, 5.74) is 0.614. The van der Waals surface area contributed by atoms with Crippen LogP contribution in [-0.2, 0) is 0 Å². The summed E-state index contributed by atoms with van der Waals surface area (Å²) >= 11 is 2.42. The van der Waals surface area contributed by atoms with Gasteiger partial charge in [-0.25, -0.2) is 9.78 Å². The van der Waals surface area contributed by atoms with E-state index in [4.69, 9.17) is 0 Å². The van der Waals surface area contributed by atoms with E-state index >= 15 is 0 Å². The number of aromatic nitrogens is 1. The number of carbonyl (C=O) groups is 2. The lowest BCUT2D eigenvalue weighted by Gasteiger charge is -2.12. The standard InChI is InChI=1S/C19H16N4O5S2/c1-22(2)12-5-3-11(4-6-12)17(24)21-19-20-10-16(30-19)29-13-7-8-15(23(27)28)14(9-13)18(25)26/h3-10H,1-2H3,(H,25,26)(H,20,21,24). The Morgan fingerprint density at radius 1 is 1.20 bits per heavy atom. The zero-order chi connectivity index (χ0) is 21.8. The van der Waals surface area contributed by atoms with E-state index in [1.54, 1.807) is 18.3 Å². The van der Waals surface area contributed by atoms with E-state index in [1.807, 2.05) is 31.1 Å². The number of hydrogen-bond donors (Lipinski definition) is 2. The average Bonchev–Trinajstić information content (AvgIpc) is 3.14. The first kappa shape index (κ1) is 21.3. The van der Waals surface area contributed by atoms with Gasteiger partial charge in [-0.15, -0.1) is 0 Å². The van der Waals surface area contributed by atoms with E-state index < -0.39 is 16.6 Å². The van der Waals surface area contributed by atoms with Crippen LogP contribution in [0.5, 0.6) is 0 Å². The van der Waals surface area contributed by atoms with Crippen LogP contribution < -0.4 is 10.2 Å². The second kappa shape index (κ2) is 8.93. The number of hydrogen-bond acceptors (Lipinski definition) is 8. The van der Waals surface area contributed by atoms with E-state index in [0.717, 1.165) is 11.8 Å². The number of amides is 1. The number of nitro benzene ring substituents is 1. The largest absolute Gasteiger partial charge is 0.477 e. The van der Waals surface area contributed by atoms with Crippen molar-refractivity contribution in [2.45, 2.75) is 9.10 Å². The maximum Gasteiger partial charge on any atom is 0.342 e. The molecule has 0 saturated heterocycles. The molecule has 0 aliphatic heterocycles. The summed E-state index contributed by atoms with van der Waals surface area (Å²) in [6.07, 6.45) is 1.54. The molecule has 0 aliphatic rings. The van der Waals surface area contributed by atoms with Crippen molar-refractivity contribution >= 4 is 51.5 Å². The second-order valence-electron chi connectivity index (χ2n) is 6.22. The van der Waals surface area contributed by atoms with Crippen LogP contribution in [0.15, 0.2) is 57.8 Å². The van der Waals surface area contributed by atoms with Crippen LogP contribution >= 0.6 is 23.1 Å². The van der Waals surface area contributed by atoms with Gasteiger partial charge in [0.1, 0.15) is 5.56 Å². The minimum Gasteiger partial charge on any atom is -0.477 e. The van der Waals surface area contributed by atoms with Crippen molar-refractivity contribution in [2.75, 3.05) is 24.3 Å². The molecule has 0 fully saturated rings. The fourth-order valence-corrected chi connectivity index (χ4v) is 4.36. The number of anilines is 2. The summed E-state index contributed by atoms with van der Waals surface area (Å²) in [6, 6.07) is 11.0. The van der Waals surface area contributed by atoms with Crippen molar-refractivity contribution in [3.8, 4) is 0 Å². The fourth-order valence-electron chi connectivity index (χ4n) is 2.47. The molecule has 0 bridgehead atoms. The van der Waals surface area contributed by atoms with Crippen LogP contribution in [0.1, 0.15) is 20.7 Å². The number of carboxylic acids is 1. The highest BCUT2D eigenvalue weighted by molar-refractivity contribution is 8.01. The molecule has 0 spiro atoms. The highest BCUT2D eigenvalue weighted by Gasteiger charge is 2.20. The number of nitrogens with one attached hydrogen (secondary N) is 1. The summed E-state index contributed by atoms with van der Waals surface area (Å²) in [6.45, 7) is 0. The molecular weight excluding hydrogens is 428 g/mol. The number of carbonyl (C=O) groups excluding carboxylic acids is 1. The Bertz CT molecular complexity index is 1110. The SMILES string of the molecule is CN(C)c1ccc(C(=O)Nc2ncc(Sc3ccc([N+](=O)[O-])c(C(=O)O)c3)s2)cc1. The van der Waals surface area contributed by atoms with Gasteiger partial charge in [-0.2, -0.15) is 0 Å². The molecule has 30 heavy (non-hydrogen) atoms. The Morgan fingerprint density at radius 3 is 2.50 bits per heavy atom. The Morgan fingerprint density at radius 2 is 1.90 bits per heavy atom. The summed E-state index contributed by atoms with van der Waals surface area (Å²) in [5, 5.41) is 23.3. The third-order valence-electron chi connectivity index (χ3n) is 3.96. The van der Waals surface area contributed by atoms with Gasteiger partial charge in [-0.05, 0) is 36.4 Å². The van der Waals surface area contributed by atoms with Crippen LogP contribution in [0.3, 0.4) is 0 Å². The number of benzene rings is 2. The number of carboxylic acid groups (broad SMARTS) is 1. The first-order valence-corrected chi connectivity index (χ1v) is 10.1. The predicted molar refractivity (Wildman–Crippen MR) is 115 cm³/mol. The van der Waals surface area contributed by atoms with Gasteiger partial charge in [0.25, 0.3) is 11.6 Å². The molecule has 1 amide bonds. The normalized spacial score (nSPS) is 10.5. The van der Waals surface area contributed by atoms with Crippen molar-refractivity contribution in [3.05, 3.63) is 69.9 Å². The van der Waals surface area contributed by atoms with Gasteiger partial charge in [-0.1, -0.05) is 23.1 Å². The van der Waals surface area contributed by atoms with Gasteiger partial charge in [0.05, 0.1) is 15.3 Å². The van der Waals surface area contributed by atoms with Gasteiger partial charge in [0.2, 0.25) is 0 Å². The van der Waals surface area contributed by atoms with Crippen LogP contribution in [0.2, 0.25) is 0 Å². The Labute approximate surface area is 179 Å². The molecule has 0 aliphatic carbocycles. The molecule has 2 aromatic carbocycles. The van der Waals surface area contributed by atoms with E-state index in [0.29, 0.717) is 19.8 Å². The Hall–Kier alpha value is -3.44. The average molecular weight is 444 g/mol. The quantitative estimate of drug-likeness (QED) is 0.410. The van der Waals surface area contributed by atoms with Gasteiger partial charge >= 0.3 is 5.97 Å². The summed E-state index contributed by atoms with van der Waals surface area (Å²) in [5.74, 6) is -1.67. The maximum absolute atomic E-state index is 12.4. The van der Waals surface area contributed by atoms with E-state index in [-0.39, 0.29) is 11.5 Å². The first-order valence-electron chi connectivity index (χ1n) is 8.49. The Kier molecular flexibility index (Phi) is 6.33. The predicted octanol–water partition coefficient (Wildman–Crippen LogP) is 4.22. The molecule has 3 rings (SSSR count). The van der Waals surface area contributed by atoms with Crippen molar-refractivity contribution in [2.24, 2.45) is 0 Å². The highest BCUT2D eigenvalue weighted by atomic mass is 32.2. The van der Waals surface area contributed by atoms with E-state index in [9.17, 15) is 24.8 Å². The van der Waals surface area contributed by atoms with Crippen LogP contribution in [0.25, 0.3) is 0 Å². The number of nitro groups is 1. The molecule has 154 valence electrons. The Balaban J connectivity index is 1.71. The van der Waals surface area contributed by atoms with Crippen molar-refractivity contribution < 1.29 is 19.6 Å². The van der Waals surface area contributed by atoms with Crippen LogP contribution in [-0.4, -0.2) is 41.0 Å². The lowest BCUT2D eigenvalue weighted by atomic mass is 10.2. The third-order valence-corrected chi connectivity index (χ3v) is 5.97. The summed E-state index contributed by atoms with van der Waals surface area (Å²) in [4.78, 5) is 40.5. The van der Waals surface area contributed by atoms with E-state index in [2.05, 4.69) is 10.3 Å². The van der Waals surface area contributed by atoms with E-state index in [1.165, 1.54) is 35.2 Å². The monoisotopic (exact) mass is 444 g/mol. The second-order valence-corrected chi connectivity index (χ2v) is 8.63. The molecule has 11 heteroatoms. The fraction of sp³-hybridized carbons (Fsp3) is 0.105. The highest BCUT2D eigenvalue weighted by Crippen LogP contribution is 2.36. The lowest BCUT2D eigenvalue weighted by Crippen LogP contribution is -2.12. The molecule has 9 nitrogen and oxygen atoms in total. The number of rotatable bonds is 7. The summed E-state index contributed by atoms with van der Waals surface area (Å²) < 4.78 is 0.693.